The lowest BCUT2D eigenvalue weighted by molar-refractivity contribution is 0.414. The Morgan fingerprint density at radius 1 is 1.24 bits per heavy atom. The molecule has 1 aliphatic carbocycles. The summed E-state index contributed by atoms with van der Waals surface area (Å²) in [6.45, 7) is 2.05. The van der Waals surface area contributed by atoms with E-state index in [-0.39, 0.29) is 6.04 Å². The quantitative estimate of drug-likeness (QED) is 0.819. The molecule has 1 atom stereocenters. The zero-order valence-electron chi connectivity index (χ0n) is 12.3. The average molecular weight is 303 g/mol. The molecule has 4 heteroatoms. The highest BCUT2D eigenvalue weighted by atomic mass is 35.5. The van der Waals surface area contributed by atoms with Crippen LogP contribution < -0.4 is 10.1 Å². The van der Waals surface area contributed by atoms with E-state index in [2.05, 4.69) is 22.4 Å². The predicted molar refractivity (Wildman–Crippen MR) is 86.1 cm³/mol. The first-order valence-electron chi connectivity index (χ1n) is 7.20. The van der Waals surface area contributed by atoms with Gasteiger partial charge in [0.15, 0.2) is 5.15 Å². The Balaban J connectivity index is 1.88. The van der Waals surface area contributed by atoms with Gasteiger partial charge in [-0.05, 0) is 55.0 Å². The van der Waals surface area contributed by atoms with Crippen LogP contribution in [0.5, 0.6) is 5.75 Å². The fourth-order valence-corrected chi connectivity index (χ4v) is 2.83. The summed E-state index contributed by atoms with van der Waals surface area (Å²) >= 11 is 6.24. The standard InChI is InChI=1S/C17H19ClN2O/c1-11-9-10-19-17(18)15(11)20-16(12-3-4-12)13-5-7-14(21-2)8-6-13/h5-10,12,16,20H,3-4H2,1-2H3. The molecule has 0 radical (unpaired) electrons. The van der Waals surface area contributed by atoms with Crippen molar-refractivity contribution in [3.8, 4) is 5.75 Å². The maximum absolute atomic E-state index is 6.24. The molecule has 21 heavy (non-hydrogen) atoms. The van der Waals surface area contributed by atoms with Crippen LogP contribution in [0.2, 0.25) is 5.15 Å². The molecule has 0 amide bonds. The highest BCUT2D eigenvalue weighted by molar-refractivity contribution is 6.32. The Morgan fingerprint density at radius 3 is 2.52 bits per heavy atom. The lowest BCUT2D eigenvalue weighted by Crippen LogP contribution is -2.14. The van der Waals surface area contributed by atoms with Crippen LogP contribution in [0, 0.1) is 12.8 Å². The maximum Gasteiger partial charge on any atom is 0.152 e. The Bertz CT molecular complexity index is 603. The SMILES string of the molecule is COc1ccc(C(Nc2c(C)ccnc2Cl)C2CC2)cc1. The third kappa shape index (κ3) is 3.13. The first kappa shape index (κ1) is 14.2. The lowest BCUT2D eigenvalue weighted by Gasteiger charge is -2.22. The smallest absolute Gasteiger partial charge is 0.152 e. The van der Waals surface area contributed by atoms with Gasteiger partial charge in [-0.15, -0.1) is 0 Å². The van der Waals surface area contributed by atoms with Crippen LogP contribution in [0.25, 0.3) is 0 Å². The number of benzene rings is 1. The number of methoxy groups -OCH3 is 1. The van der Waals surface area contributed by atoms with E-state index in [0.717, 1.165) is 17.0 Å². The molecule has 1 N–H and O–H groups in total. The van der Waals surface area contributed by atoms with Crippen LogP contribution in [0.15, 0.2) is 36.5 Å². The van der Waals surface area contributed by atoms with Crippen molar-refractivity contribution < 1.29 is 4.74 Å². The van der Waals surface area contributed by atoms with E-state index in [9.17, 15) is 0 Å². The van der Waals surface area contributed by atoms with E-state index in [4.69, 9.17) is 16.3 Å². The van der Waals surface area contributed by atoms with Gasteiger partial charge in [0.05, 0.1) is 18.8 Å². The minimum Gasteiger partial charge on any atom is -0.497 e. The second kappa shape index (κ2) is 5.94. The number of rotatable bonds is 5. The molecule has 0 saturated heterocycles. The van der Waals surface area contributed by atoms with Crippen molar-refractivity contribution in [1.82, 2.24) is 4.98 Å². The van der Waals surface area contributed by atoms with Gasteiger partial charge in [0.25, 0.3) is 0 Å². The van der Waals surface area contributed by atoms with Gasteiger partial charge in [0, 0.05) is 6.20 Å². The molecule has 1 heterocycles. The molecule has 1 saturated carbocycles. The van der Waals surface area contributed by atoms with Crippen molar-refractivity contribution in [2.45, 2.75) is 25.8 Å². The first-order chi connectivity index (χ1) is 10.2. The molecule has 0 spiro atoms. The van der Waals surface area contributed by atoms with Crippen molar-refractivity contribution in [1.29, 1.82) is 0 Å². The molecule has 110 valence electrons. The number of aromatic nitrogens is 1. The highest BCUT2D eigenvalue weighted by Crippen LogP contribution is 2.44. The van der Waals surface area contributed by atoms with Gasteiger partial charge in [-0.25, -0.2) is 4.98 Å². The van der Waals surface area contributed by atoms with Crippen molar-refractivity contribution in [3.05, 3.63) is 52.8 Å². The number of halogens is 1. The molecule has 1 aromatic carbocycles. The molecule has 1 fully saturated rings. The summed E-state index contributed by atoms with van der Waals surface area (Å²) < 4.78 is 5.23. The van der Waals surface area contributed by atoms with E-state index < -0.39 is 0 Å². The van der Waals surface area contributed by atoms with Gasteiger partial charge in [-0.3, -0.25) is 0 Å². The fraction of sp³-hybridized carbons (Fsp3) is 0.353. The van der Waals surface area contributed by atoms with Gasteiger partial charge >= 0.3 is 0 Å². The van der Waals surface area contributed by atoms with Crippen molar-refractivity contribution in [2.75, 3.05) is 12.4 Å². The molecule has 2 aromatic rings. The van der Waals surface area contributed by atoms with E-state index >= 15 is 0 Å². The Morgan fingerprint density at radius 2 is 1.95 bits per heavy atom. The monoisotopic (exact) mass is 302 g/mol. The number of pyridine rings is 1. The molecule has 1 aliphatic rings. The summed E-state index contributed by atoms with van der Waals surface area (Å²) in [5, 5.41) is 4.13. The van der Waals surface area contributed by atoms with E-state index in [1.54, 1.807) is 13.3 Å². The van der Waals surface area contributed by atoms with Crippen LogP contribution in [0.4, 0.5) is 5.69 Å². The van der Waals surface area contributed by atoms with Crippen LogP contribution in [0.3, 0.4) is 0 Å². The number of hydrogen-bond acceptors (Lipinski definition) is 3. The van der Waals surface area contributed by atoms with Gasteiger partial charge in [-0.1, -0.05) is 23.7 Å². The highest BCUT2D eigenvalue weighted by Gasteiger charge is 2.33. The van der Waals surface area contributed by atoms with Crippen LogP contribution in [-0.4, -0.2) is 12.1 Å². The second-order valence-electron chi connectivity index (χ2n) is 5.53. The second-order valence-corrected chi connectivity index (χ2v) is 5.88. The minimum absolute atomic E-state index is 0.274. The van der Waals surface area contributed by atoms with Gasteiger partial charge < -0.3 is 10.1 Å². The van der Waals surface area contributed by atoms with Crippen LogP contribution >= 0.6 is 11.6 Å². The van der Waals surface area contributed by atoms with E-state index in [1.165, 1.54) is 18.4 Å². The minimum atomic E-state index is 0.274. The summed E-state index contributed by atoms with van der Waals surface area (Å²) in [5.74, 6) is 1.54. The van der Waals surface area contributed by atoms with E-state index in [1.807, 2.05) is 25.1 Å². The summed E-state index contributed by atoms with van der Waals surface area (Å²) in [5.41, 5.74) is 3.32. The Hall–Kier alpha value is -1.74. The summed E-state index contributed by atoms with van der Waals surface area (Å²) in [6, 6.07) is 10.5. The van der Waals surface area contributed by atoms with E-state index in [0.29, 0.717) is 11.1 Å². The van der Waals surface area contributed by atoms with Crippen molar-refractivity contribution in [2.24, 2.45) is 5.92 Å². The molecule has 0 bridgehead atoms. The first-order valence-corrected chi connectivity index (χ1v) is 7.58. The Labute approximate surface area is 130 Å². The van der Waals surface area contributed by atoms with Crippen molar-refractivity contribution in [3.63, 3.8) is 0 Å². The molecule has 0 aliphatic heterocycles. The number of hydrogen-bond donors (Lipinski definition) is 1. The number of nitrogens with zero attached hydrogens (tertiary/aromatic N) is 1. The Kier molecular flexibility index (Phi) is 4.02. The number of ether oxygens (including phenoxy) is 1. The largest absolute Gasteiger partial charge is 0.497 e. The molecule has 1 unspecified atom stereocenters. The molecule has 3 rings (SSSR count). The van der Waals surface area contributed by atoms with Gasteiger partial charge in [-0.2, -0.15) is 0 Å². The van der Waals surface area contributed by atoms with Crippen molar-refractivity contribution >= 4 is 17.3 Å². The fourth-order valence-electron chi connectivity index (χ4n) is 2.57. The number of aryl methyl sites for hydroxylation is 1. The third-order valence-corrected chi connectivity index (χ3v) is 4.27. The zero-order chi connectivity index (χ0) is 14.8. The normalized spacial score (nSPS) is 15.6. The zero-order valence-corrected chi connectivity index (χ0v) is 13.0. The lowest BCUT2D eigenvalue weighted by atomic mass is 10.0. The molecule has 1 aromatic heterocycles. The summed E-state index contributed by atoms with van der Waals surface area (Å²) in [4.78, 5) is 4.18. The summed E-state index contributed by atoms with van der Waals surface area (Å²) in [7, 11) is 1.68. The predicted octanol–water partition coefficient (Wildman–Crippen LogP) is 4.62. The average Bonchev–Trinajstić information content (AvgIpc) is 3.32. The topological polar surface area (TPSA) is 34.1 Å². The van der Waals surface area contributed by atoms with Crippen LogP contribution in [0.1, 0.15) is 30.0 Å². The third-order valence-electron chi connectivity index (χ3n) is 3.98. The number of anilines is 1. The molecular weight excluding hydrogens is 284 g/mol. The van der Waals surface area contributed by atoms with Gasteiger partial charge in [0.1, 0.15) is 5.75 Å². The number of nitrogens with one attached hydrogen (secondary N) is 1. The molecular formula is C17H19ClN2O. The van der Waals surface area contributed by atoms with Crippen LogP contribution in [-0.2, 0) is 0 Å². The molecule has 3 nitrogen and oxygen atoms in total. The van der Waals surface area contributed by atoms with Gasteiger partial charge in [0.2, 0.25) is 0 Å². The summed E-state index contributed by atoms with van der Waals surface area (Å²) in [6.07, 6.45) is 4.24. The maximum atomic E-state index is 6.24.